The third-order valence-corrected chi connectivity index (χ3v) is 3.90. The highest BCUT2D eigenvalue weighted by Crippen LogP contribution is 2.18. The predicted molar refractivity (Wildman–Crippen MR) is 90.7 cm³/mol. The monoisotopic (exact) mass is 331 g/mol. The molecule has 23 heavy (non-hydrogen) atoms. The number of anilines is 1. The molecule has 1 N–H and O–H groups in total. The Morgan fingerprint density at radius 2 is 1.83 bits per heavy atom. The summed E-state index contributed by atoms with van der Waals surface area (Å²) in [5.74, 6) is -0.861. The lowest BCUT2D eigenvalue weighted by molar-refractivity contribution is -0.146. The first-order chi connectivity index (χ1) is 11.0. The molecule has 0 heterocycles. The van der Waals surface area contributed by atoms with E-state index in [1.54, 1.807) is 24.3 Å². The number of carbonyl (C=O) groups excluding carboxylic acids is 2. The number of aryl methyl sites for hydroxylation is 1. The van der Waals surface area contributed by atoms with Crippen molar-refractivity contribution in [3.63, 3.8) is 0 Å². The van der Waals surface area contributed by atoms with Gasteiger partial charge in [-0.1, -0.05) is 41.9 Å². The number of benzene rings is 2. The molecule has 0 atom stereocenters. The van der Waals surface area contributed by atoms with Crippen LogP contribution in [0.15, 0.2) is 42.5 Å². The van der Waals surface area contributed by atoms with E-state index in [0.29, 0.717) is 10.6 Å². The first-order valence-electron chi connectivity index (χ1n) is 7.22. The van der Waals surface area contributed by atoms with Crippen LogP contribution in [0.1, 0.15) is 16.7 Å². The van der Waals surface area contributed by atoms with Crippen molar-refractivity contribution < 1.29 is 14.3 Å². The molecule has 120 valence electrons. The van der Waals surface area contributed by atoms with Crippen molar-refractivity contribution >= 4 is 29.2 Å². The van der Waals surface area contributed by atoms with Crippen LogP contribution >= 0.6 is 11.6 Å². The van der Waals surface area contributed by atoms with Gasteiger partial charge in [0.25, 0.3) is 5.91 Å². The minimum Gasteiger partial charge on any atom is -0.455 e. The normalized spacial score (nSPS) is 10.2. The molecule has 0 aliphatic heterocycles. The zero-order chi connectivity index (χ0) is 16.8. The quantitative estimate of drug-likeness (QED) is 0.850. The molecule has 0 aliphatic carbocycles. The summed E-state index contributed by atoms with van der Waals surface area (Å²) in [6.45, 7) is 3.57. The van der Waals surface area contributed by atoms with Crippen molar-refractivity contribution in [2.75, 3.05) is 11.9 Å². The van der Waals surface area contributed by atoms with E-state index >= 15 is 0 Å². The average molecular weight is 332 g/mol. The maximum absolute atomic E-state index is 11.9. The summed E-state index contributed by atoms with van der Waals surface area (Å²) in [6.07, 6.45) is 0.0381. The summed E-state index contributed by atoms with van der Waals surface area (Å²) in [4.78, 5) is 23.7. The lowest BCUT2D eigenvalue weighted by Gasteiger charge is -2.10. The van der Waals surface area contributed by atoms with Crippen LogP contribution in [0.25, 0.3) is 0 Å². The van der Waals surface area contributed by atoms with E-state index in [1.165, 1.54) is 0 Å². The molecule has 0 aromatic heterocycles. The van der Waals surface area contributed by atoms with Gasteiger partial charge in [-0.25, -0.2) is 0 Å². The molecule has 0 saturated heterocycles. The first-order valence-corrected chi connectivity index (χ1v) is 7.60. The van der Waals surface area contributed by atoms with Crippen LogP contribution in [-0.2, 0) is 20.7 Å². The summed E-state index contributed by atoms with van der Waals surface area (Å²) in [6, 6.07) is 12.7. The van der Waals surface area contributed by atoms with Gasteiger partial charge in [-0.3, -0.25) is 9.59 Å². The van der Waals surface area contributed by atoms with Crippen LogP contribution in [0.5, 0.6) is 0 Å². The molecule has 2 aromatic rings. The van der Waals surface area contributed by atoms with E-state index in [2.05, 4.69) is 5.32 Å². The Kier molecular flexibility index (Phi) is 5.77. The second-order valence-electron chi connectivity index (χ2n) is 5.22. The second-order valence-corrected chi connectivity index (χ2v) is 5.63. The molecule has 0 spiro atoms. The Labute approximate surface area is 140 Å². The third kappa shape index (κ3) is 4.83. The fraction of sp³-hybridized carbons (Fsp3) is 0.222. The van der Waals surface area contributed by atoms with E-state index in [-0.39, 0.29) is 18.9 Å². The minimum atomic E-state index is -0.491. The first kappa shape index (κ1) is 17.0. The van der Waals surface area contributed by atoms with Crippen LogP contribution in [0.3, 0.4) is 0 Å². The maximum Gasteiger partial charge on any atom is 0.310 e. The third-order valence-electron chi connectivity index (χ3n) is 3.54. The standard InChI is InChI=1S/C18H18ClNO3/c1-12-6-5-9-16(13(12)2)20-17(21)11-23-18(22)10-14-7-3-4-8-15(14)19/h3-9H,10-11H2,1-2H3,(H,20,21). The smallest absolute Gasteiger partial charge is 0.310 e. The largest absolute Gasteiger partial charge is 0.455 e. The van der Waals surface area contributed by atoms with Gasteiger partial charge in [-0.2, -0.15) is 0 Å². The molecule has 0 fully saturated rings. The number of hydrogen-bond acceptors (Lipinski definition) is 3. The molecule has 1 amide bonds. The molecule has 0 bridgehead atoms. The van der Waals surface area contributed by atoms with Crippen LogP contribution in [0.2, 0.25) is 5.02 Å². The number of hydrogen-bond donors (Lipinski definition) is 1. The minimum absolute atomic E-state index is 0.0381. The molecule has 0 unspecified atom stereocenters. The molecular formula is C18H18ClNO3. The Hall–Kier alpha value is -2.33. The summed E-state index contributed by atoms with van der Waals surface area (Å²) >= 11 is 5.98. The highest BCUT2D eigenvalue weighted by molar-refractivity contribution is 6.31. The Bertz CT molecular complexity index is 728. The molecule has 2 aromatic carbocycles. The zero-order valence-corrected chi connectivity index (χ0v) is 13.8. The van der Waals surface area contributed by atoms with Gasteiger partial charge in [0.2, 0.25) is 0 Å². The van der Waals surface area contributed by atoms with Crippen LogP contribution in [0.4, 0.5) is 5.69 Å². The number of esters is 1. The van der Waals surface area contributed by atoms with Crippen molar-refractivity contribution in [3.8, 4) is 0 Å². The Morgan fingerprint density at radius 3 is 2.57 bits per heavy atom. The van der Waals surface area contributed by atoms with Crippen molar-refractivity contribution in [1.29, 1.82) is 0 Å². The van der Waals surface area contributed by atoms with Crippen molar-refractivity contribution in [2.45, 2.75) is 20.3 Å². The lowest BCUT2D eigenvalue weighted by atomic mass is 10.1. The van der Waals surface area contributed by atoms with Crippen molar-refractivity contribution in [2.24, 2.45) is 0 Å². The van der Waals surface area contributed by atoms with E-state index in [1.807, 2.05) is 32.0 Å². The van der Waals surface area contributed by atoms with Crippen LogP contribution in [-0.4, -0.2) is 18.5 Å². The molecule has 5 heteroatoms. The number of amides is 1. The van der Waals surface area contributed by atoms with Gasteiger partial charge in [0.05, 0.1) is 6.42 Å². The summed E-state index contributed by atoms with van der Waals surface area (Å²) in [7, 11) is 0. The van der Waals surface area contributed by atoms with E-state index in [0.717, 1.165) is 16.8 Å². The number of ether oxygens (including phenoxy) is 1. The van der Waals surface area contributed by atoms with Gasteiger partial charge in [0, 0.05) is 10.7 Å². The molecule has 0 radical (unpaired) electrons. The van der Waals surface area contributed by atoms with Gasteiger partial charge < -0.3 is 10.1 Å². The van der Waals surface area contributed by atoms with Gasteiger partial charge >= 0.3 is 5.97 Å². The number of rotatable bonds is 5. The molecule has 0 saturated carbocycles. The van der Waals surface area contributed by atoms with Crippen molar-refractivity contribution in [1.82, 2.24) is 0 Å². The molecule has 4 nitrogen and oxygen atoms in total. The summed E-state index contributed by atoms with van der Waals surface area (Å²) < 4.78 is 5.00. The number of carbonyl (C=O) groups is 2. The Balaban J connectivity index is 1.86. The maximum atomic E-state index is 11.9. The van der Waals surface area contributed by atoms with Gasteiger partial charge in [0.15, 0.2) is 6.61 Å². The number of halogens is 1. The highest BCUT2D eigenvalue weighted by atomic mass is 35.5. The summed E-state index contributed by atoms with van der Waals surface area (Å²) in [5.41, 5.74) is 3.47. The predicted octanol–water partition coefficient (Wildman–Crippen LogP) is 3.68. The fourth-order valence-corrected chi connectivity index (χ4v) is 2.27. The van der Waals surface area contributed by atoms with E-state index < -0.39 is 5.97 Å². The topological polar surface area (TPSA) is 55.4 Å². The van der Waals surface area contributed by atoms with Gasteiger partial charge in [-0.05, 0) is 42.7 Å². The van der Waals surface area contributed by atoms with Gasteiger partial charge in [0.1, 0.15) is 0 Å². The number of nitrogens with one attached hydrogen (secondary N) is 1. The van der Waals surface area contributed by atoms with E-state index in [9.17, 15) is 9.59 Å². The Morgan fingerprint density at radius 1 is 1.09 bits per heavy atom. The molecule has 2 rings (SSSR count). The lowest BCUT2D eigenvalue weighted by Crippen LogP contribution is -2.22. The molecule has 0 aliphatic rings. The summed E-state index contributed by atoms with van der Waals surface area (Å²) in [5, 5.41) is 3.24. The van der Waals surface area contributed by atoms with Gasteiger partial charge in [-0.15, -0.1) is 0 Å². The SMILES string of the molecule is Cc1cccc(NC(=O)COC(=O)Cc2ccccc2Cl)c1C. The average Bonchev–Trinajstić information content (AvgIpc) is 2.52. The van der Waals surface area contributed by atoms with E-state index in [4.69, 9.17) is 16.3 Å². The van der Waals surface area contributed by atoms with Crippen LogP contribution in [0, 0.1) is 13.8 Å². The fourth-order valence-electron chi connectivity index (χ4n) is 2.07. The highest BCUT2D eigenvalue weighted by Gasteiger charge is 2.11. The van der Waals surface area contributed by atoms with Crippen molar-refractivity contribution in [3.05, 3.63) is 64.2 Å². The molecular weight excluding hydrogens is 314 g/mol. The zero-order valence-electron chi connectivity index (χ0n) is 13.1. The second kappa shape index (κ2) is 7.79. The van der Waals surface area contributed by atoms with Crippen LogP contribution < -0.4 is 5.32 Å².